The van der Waals surface area contributed by atoms with Gasteiger partial charge in [0.1, 0.15) is 17.9 Å². The van der Waals surface area contributed by atoms with Gasteiger partial charge in [0, 0.05) is 12.0 Å². The SMILES string of the molecule is CCOCCOC(=O)/C(=C\c1ccc(OC)cc1)C(=O)C(C)(C)C. The summed E-state index contributed by atoms with van der Waals surface area (Å²) in [7, 11) is 1.58. The molecule has 5 heteroatoms. The number of hydrogen-bond acceptors (Lipinski definition) is 5. The lowest BCUT2D eigenvalue weighted by Gasteiger charge is -2.18. The van der Waals surface area contributed by atoms with Crippen molar-refractivity contribution in [1.82, 2.24) is 0 Å². The van der Waals surface area contributed by atoms with Crippen LogP contribution in [0.25, 0.3) is 6.08 Å². The molecule has 24 heavy (non-hydrogen) atoms. The van der Waals surface area contributed by atoms with Crippen molar-refractivity contribution in [3.8, 4) is 5.75 Å². The van der Waals surface area contributed by atoms with Crippen molar-refractivity contribution in [2.75, 3.05) is 26.9 Å². The van der Waals surface area contributed by atoms with Crippen molar-refractivity contribution in [2.45, 2.75) is 27.7 Å². The quantitative estimate of drug-likeness (QED) is 0.240. The third-order valence-electron chi connectivity index (χ3n) is 3.24. The molecule has 1 aromatic rings. The Hall–Kier alpha value is -2.14. The first kappa shape index (κ1) is 19.9. The zero-order valence-corrected chi connectivity index (χ0v) is 15.0. The molecule has 0 spiro atoms. The first-order valence-corrected chi connectivity index (χ1v) is 7.95. The van der Waals surface area contributed by atoms with E-state index < -0.39 is 11.4 Å². The molecular formula is C19H26O5. The van der Waals surface area contributed by atoms with Crippen molar-refractivity contribution < 1.29 is 23.8 Å². The zero-order valence-electron chi connectivity index (χ0n) is 15.0. The summed E-state index contributed by atoms with van der Waals surface area (Å²) in [6.07, 6.45) is 1.55. The van der Waals surface area contributed by atoms with Crippen molar-refractivity contribution in [2.24, 2.45) is 5.41 Å². The Balaban J connectivity index is 3.01. The van der Waals surface area contributed by atoms with Crippen LogP contribution in [0.1, 0.15) is 33.3 Å². The van der Waals surface area contributed by atoms with Crippen LogP contribution in [0.2, 0.25) is 0 Å². The molecule has 0 aromatic heterocycles. The fourth-order valence-corrected chi connectivity index (χ4v) is 1.90. The monoisotopic (exact) mass is 334 g/mol. The number of esters is 1. The minimum absolute atomic E-state index is 0.0316. The Bertz CT molecular complexity index is 579. The molecule has 0 aliphatic rings. The fourth-order valence-electron chi connectivity index (χ4n) is 1.90. The molecule has 0 atom stereocenters. The number of rotatable bonds is 8. The van der Waals surface area contributed by atoms with Gasteiger partial charge in [0.25, 0.3) is 0 Å². The van der Waals surface area contributed by atoms with E-state index in [1.165, 1.54) is 0 Å². The number of methoxy groups -OCH3 is 1. The highest BCUT2D eigenvalue weighted by Gasteiger charge is 2.30. The molecule has 0 bridgehead atoms. The van der Waals surface area contributed by atoms with Crippen LogP contribution in [0.5, 0.6) is 5.75 Å². The molecule has 0 N–H and O–H groups in total. The van der Waals surface area contributed by atoms with Gasteiger partial charge in [0.15, 0.2) is 5.78 Å². The van der Waals surface area contributed by atoms with Crippen LogP contribution in [0.3, 0.4) is 0 Å². The molecule has 0 aliphatic carbocycles. The second-order valence-electron chi connectivity index (χ2n) is 6.24. The highest BCUT2D eigenvalue weighted by atomic mass is 16.6. The largest absolute Gasteiger partial charge is 0.497 e. The minimum Gasteiger partial charge on any atom is -0.497 e. The topological polar surface area (TPSA) is 61.8 Å². The van der Waals surface area contributed by atoms with E-state index in [9.17, 15) is 9.59 Å². The van der Waals surface area contributed by atoms with Gasteiger partial charge in [-0.05, 0) is 30.7 Å². The summed E-state index contributed by atoms with van der Waals surface area (Å²) >= 11 is 0. The predicted octanol–water partition coefficient (Wildman–Crippen LogP) is 3.27. The first-order valence-electron chi connectivity index (χ1n) is 7.95. The molecule has 0 fully saturated rings. The van der Waals surface area contributed by atoms with E-state index in [1.54, 1.807) is 58.2 Å². The molecule has 132 valence electrons. The summed E-state index contributed by atoms with van der Waals surface area (Å²) in [5.74, 6) is -0.194. The Morgan fingerprint density at radius 1 is 1.08 bits per heavy atom. The van der Waals surface area contributed by atoms with Gasteiger partial charge < -0.3 is 14.2 Å². The first-order chi connectivity index (χ1) is 11.3. The molecule has 1 aromatic carbocycles. The Labute approximate surface area is 143 Å². The van der Waals surface area contributed by atoms with Crippen LogP contribution in [0.4, 0.5) is 0 Å². The molecule has 0 saturated heterocycles. The molecule has 0 radical (unpaired) electrons. The maximum Gasteiger partial charge on any atom is 0.341 e. The van der Waals surface area contributed by atoms with E-state index in [1.807, 2.05) is 6.92 Å². The normalized spacial score (nSPS) is 12.0. The van der Waals surface area contributed by atoms with Crippen LogP contribution in [0.15, 0.2) is 29.8 Å². The average molecular weight is 334 g/mol. The van der Waals surface area contributed by atoms with Crippen LogP contribution in [-0.2, 0) is 19.1 Å². The molecule has 0 amide bonds. The zero-order chi connectivity index (χ0) is 18.2. The van der Waals surface area contributed by atoms with Crippen molar-refractivity contribution in [3.05, 3.63) is 35.4 Å². The number of ether oxygens (including phenoxy) is 3. The standard InChI is InChI=1S/C19H26O5/c1-6-23-11-12-24-18(21)16(17(20)19(2,3)4)13-14-7-9-15(22-5)10-8-14/h7-10,13H,6,11-12H2,1-5H3/b16-13-. The van der Waals surface area contributed by atoms with Crippen molar-refractivity contribution >= 4 is 17.8 Å². The summed E-state index contributed by atoms with van der Waals surface area (Å²) in [4.78, 5) is 24.9. The highest BCUT2D eigenvalue weighted by molar-refractivity contribution is 6.22. The molecule has 0 heterocycles. The van der Waals surface area contributed by atoms with Gasteiger partial charge in [-0.25, -0.2) is 4.79 Å². The summed E-state index contributed by atoms with van der Waals surface area (Å²) in [6.45, 7) is 8.14. The maximum atomic E-state index is 12.6. The second kappa shape index (κ2) is 9.23. The maximum absolute atomic E-state index is 12.6. The minimum atomic E-state index is -0.683. The van der Waals surface area contributed by atoms with Crippen LogP contribution >= 0.6 is 0 Å². The Kier molecular flexibility index (Phi) is 7.65. The number of carbonyl (C=O) groups is 2. The molecule has 5 nitrogen and oxygen atoms in total. The summed E-state index contributed by atoms with van der Waals surface area (Å²) in [6, 6.07) is 7.10. The van der Waals surface area contributed by atoms with Crippen LogP contribution in [-0.4, -0.2) is 38.7 Å². The van der Waals surface area contributed by atoms with Gasteiger partial charge in [-0.1, -0.05) is 32.9 Å². The highest BCUT2D eigenvalue weighted by Crippen LogP contribution is 2.23. The van der Waals surface area contributed by atoms with Gasteiger partial charge in [0.05, 0.1) is 13.7 Å². The third-order valence-corrected chi connectivity index (χ3v) is 3.24. The van der Waals surface area contributed by atoms with E-state index in [0.29, 0.717) is 19.0 Å². The number of carbonyl (C=O) groups excluding carboxylic acids is 2. The lowest BCUT2D eigenvalue weighted by molar-refractivity contribution is -0.142. The molecule has 0 aliphatic heterocycles. The number of hydrogen-bond donors (Lipinski definition) is 0. The molecule has 0 unspecified atom stereocenters. The van der Waals surface area contributed by atoms with Crippen LogP contribution in [0, 0.1) is 5.41 Å². The average Bonchev–Trinajstić information content (AvgIpc) is 2.55. The fraction of sp³-hybridized carbons (Fsp3) is 0.474. The lowest BCUT2D eigenvalue weighted by Crippen LogP contribution is -2.27. The van der Waals surface area contributed by atoms with Crippen molar-refractivity contribution in [1.29, 1.82) is 0 Å². The van der Waals surface area contributed by atoms with E-state index in [4.69, 9.17) is 14.2 Å². The van der Waals surface area contributed by atoms with E-state index in [2.05, 4.69) is 0 Å². The van der Waals surface area contributed by atoms with E-state index >= 15 is 0 Å². The van der Waals surface area contributed by atoms with Gasteiger partial charge >= 0.3 is 5.97 Å². The Morgan fingerprint density at radius 2 is 1.71 bits per heavy atom. The van der Waals surface area contributed by atoms with E-state index in [0.717, 1.165) is 5.56 Å². The number of benzene rings is 1. The summed E-state index contributed by atoms with van der Waals surface area (Å²) < 4.78 is 15.4. The van der Waals surface area contributed by atoms with Crippen LogP contribution < -0.4 is 4.74 Å². The lowest BCUT2D eigenvalue weighted by atomic mass is 9.85. The van der Waals surface area contributed by atoms with Gasteiger partial charge in [0.2, 0.25) is 0 Å². The Morgan fingerprint density at radius 3 is 2.21 bits per heavy atom. The molecule has 0 saturated carbocycles. The smallest absolute Gasteiger partial charge is 0.341 e. The van der Waals surface area contributed by atoms with Gasteiger partial charge in [-0.2, -0.15) is 0 Å². The summed E-state index contributed by atoms with van der Waals surface area (Å²) in [5, 5.41) is 0. The van der Waals surface area contributed by atoms with E-state index in [-0.39, 0.29) is 18.0 Å². The van der Waals surface area contributed by atoms with Gasteiger partial charge in [-0.3, -0.25) is 4.79 Å². The van der Waals surface area contributed by atoms with Crippen molar-refractivity contribution in [3.63, 3.8) is 0 Å². The summed E-state index contributed by atoms with van der Waals surface area (Å²) in [5.41, 5.74) is 0.0753. The molecule has 1 rings (SSSR count). The van der Waals surface area contributed by atoms with Gasteiger partial charge in [-0.15, -0.1) is 0 Å². The number of ketones is 1. The third kappa shape index (κ3) is 6.16. The number of Topliss-reactive ketones (excluding diaryl/α,β-unsaturated/α-hetero) is 1. The molecular weight excluding hydrogens is 308 g/mol. The second-order valence-corrected chi connectivity index (χ2v) is 6.24. The predicted molar refractivity (Wildman–Crippen MR) is 92.9 cm³/mol.